The van der Waals surface area contributed by atoms with E-state index in [9.17, 15) is 4.79 Å². The molecule has 0 spiro atoms. The van der Waals surface area contributed by atoms with Crippen LogP contribution in [0.5, 0.6) is 0 Å². The molecule has 0 fully saturated rings. The highest BCUT2D eigenvalue weighted by atomic mass is 16.1. The van der Waals surface area contributed by atoms with E-state index in [4.69, 9.17) is 0 Å². The Balaban J connectivity index is 2.51. The maximum absolute atomic E-state index is 11.8. The van der Waals surface area contributed by atoms with Gasteiger partial charge in [0.2, 0.25) is 5.91 Å². The van der Waals surface area contributed by atoms with Crippen LogP contribution in [0, 0.1) is 5.92 Å². The fourth-order valence-electron chi connectivity index (χ4n) is 1.74. The van der Waals surface area contributed by atoms with Gasteiger partial charge in [-0.25, -0.2) is 0 Å². The molecule has 1 rings (SSSR count). The van der Waals surface area contributed by atoms with Gasteiger partial charge < -0.3 is 5.32 Å². The number of carbonyl (C=O) groups is 1. The number of amides is 1. The minimum absolute atomic E-state index is 0.0907. The first-order chi connectivity index (χ1) is 7.65. The normalized spacial score (nSPS) is 14.2. The predicted octanol–water partition coefficient (Wildman–Crippen LogP) is 3.30. The average Bonchev–Trinajstić information content (AvgIpc) is 2.30. The van der Waals surface area contributed by atoms with Gasteiger partial charge in [0, 0.05) is 5.92 Å². The molecule has 0 radical (unpaired) electrons. The summed E-state index contributed by atoms with van der Waals surface area (Å²) in [5.41, 5.74) is 1.15. The molecule has 0 aromatic heterocycles. The number of hydrogen-bond donors (Lipinski definition) is 1. The molecular weight excluding hydrogens is 198 g/mol. The van der Waals surface area contributed by atoms with Gasteiger partial charge in [-0.1, -0.05) is 50.6 Å². The van der Waals surface area contributed by atoms with E-state index in [1.54, 1.807) is 0 Å². The third-order valence-corrected chi connectivity index (χ3v) is 2.83. The number of nitrogens with one attached hydrogen (secondary N) is 1. The minimum Gasteiger partial charge on any atom is -0.349 e. The summed E-state index contributed by atoms with van der Waals surface area (Å²) in [6.07, 6.45) is 2.00. The topological polar surface area (TPSA) is 29.1 Å². The Bertz CT molecular complexity index is 321. The van der Waals surface area contributed by atoms with Gasteiger partial charge in [-0.2, -0.15) is 0 Å². The number of rotatable bonds is 5. The van der Waals surface area contributed by atoms with E-state index < -0.39 is 0 Å². The fourth-order valence-corrected chi connectivity index (χ4v) is 1.74. The lowest BCUT2D eigenvalue weighted by molar-refractivity contribution is -0.125. The van der Waals surface area contributed by atoms with Crippen molar-refractivity contribution in [3.63, 3.8) is 0 Å². The SMILES string of the molecule is CCC[C@@H](C)C(=O)N[C@H](C)c1ccccc1. The Kier molecular flexibility index (Phi) is 5.03. The molecule has 1 aromatic carbocycles. The van der Waals surface area contributed by atoms with Crippen LogP contribution >= 0.6 is 0 Å². The second-order valence-corrected chi connectivity index (χ2v) is 4.33. The van der Waals surface area contributed by atoms with Crippen molar-refractivity contribution in [1.29, 1.82) is 0 Å². The summed E-state index contributed by atoms with van der Waals surface area (Å²) in [4.78, 5) is 11.8. The van der Waals surface area contributed by atoms with Crippen molar-refractivity contribution in [2.24, 2.45) is 5.92 Å². The molecule has 88 valence electrons. The van der Waals surface area contributed by atoms with Gasteiger partial charge in [-0.3, -0.25) is 4.79 Å². The molecule has 0 saturated carbocycles. The lowest BCUT2D eigenvalue weighted by Gasteiger charge is -2.17. The van der Waals surface area contributed by atoms with E-state index in [-0.39, 0.29) is 17.9 Å². The first-order valence-corrected chi connectivity index (χ1v) is 6.00. The van der Waals surface area contributed by atoms with E-state index >= 15 is 0 Å². The monoisotopic (exact) mass is 219 g/mol. The molecule has 2 heteroatoms. The molecule has 0 aliphatic heterocycles. The Morgan fingerprint density at radius 1 is 1.25 bits per heavy atom. The van der Waals surface area contributed by atoms with Crippen molar-refractivity contribution in [1.82, 2.24) is 5.32 Å². The largest absolute Gasteiger partial charge is 0.349 e. The maximum atomic E-state index is 11.8. The number of carbonyl (C=O) groups excluding carboxylic acids is 1. The Morgan fingerprint density at radius 2 is 1.88 bits per heavy atom. The van der Waals surface area contributed by atoms with E-state index in [0.29, 0.717) is 0 Å². The van der Waals surface area contributed by atoms with Crippen molar-refractivity contribution in [2.75, 3.05) is 0 Å². The second kappa shape index (κ2) is 6.31. The summed E-state index contributed by atoms with van der Waals surface area (Å²) in [7, 11) is 0. The van der Waals surface area contributed by atoms with Crippen LogP contribution in [0.3, 0.4) is 0 Å². The van der Waals surface area contributed by atoms with Crippen molar-refractivity contribution in [2.45, 2.75) is 39.7 Å². The highest BCUT2D eigenvalue weighted by Gasteiger charge is 2.14. The van der Waals surface area contributed by atoms with E-state index in [0.717, 1.165) is 18.4 Å². The highest BCUT2D eigenvalue weighted by molar-refractivity contribution is 5.78. The second-order valence-electron chi connectivity index (χ2n) is 4.33. The van der Waals surface area contributed by atoms with Gasteiger partial charge in [0.25, 0.3) is 0 Å². The summed E-state index contributed by atoms with van der Waals surface area (Å²) >= 11 is 0. The lowest BCUT2D eigenvalue weighted by Crippen LogP contribution is -2.31. The Labute approximate surface area is 98.1 Å². The van der Waals surface area contributed by atoms with E-state index in [2.05, 4.69) is 12.2 Å². The first kappa shape index (κ1) is 12.8. The molecule has 0 heterocycles. The molecule has 0 saturated heterocycles. The van der Waals surface area contributed by atoms with Crippen LogP contribution in [0.25, 0.3) is 0 Å². The Morgan fingerprint density at radius 3 is 2.44 bits per heavy atom. The molecule has 2 atom stereocenters. The zero-order valence-corrected chi connectivity index (χ0v) is 10.4. The molecule has 0 aliphatic rings. The fraction of sp³-hybridized carbons (Fsp3) is 0.500. The van der Waals surface area contributed by atoms with Crippen molar-refractivity contribution in [3.05, 3.63) is 35.9 Å². The van der Waals surface area contributed by atoms with Gasteiger partial charge >= 0.3 is 0 Å². The molecular formula is C14H21NO. The minimum atomic E-state index is 0.0907. The molecule has 16 heavy (non-hydrogen) atoms. The van der Waals surface area contributed by atoms with Crippen LogP contribution in [0.15, 0.2) is 30.3 Å². The van der Waals surface area contributed by atoms with Crippen LogP contribution in [0.2, 0.25) is 0 Å². The summed E-state index contributed by atoms with van der Waals surface area (Å²) in [5, 5.41) is 3.04. The standard InChI is InChI=1S/C14H21NO/c1-4-8-11(2)14(16)15-12(3)13-9-6-5-7-10-13/h5-7,9-12H,4,8H2,1-3H3,(H,15,16)/t11-,12-/m1/s1. The molecule has 0 unspecified atom stereocenters. The third kappa shape index (κ3) is 3.69. The van der Waals surface area contributed by atoms with E-state index in [1.807, 2.05) is 44.2 Å². The average molecular weight is 219 g/mol. The molecule has 0 aliphatic carbocycles. The Hall–Kier alpha value is -1.31. The molecule has 0 bridgehead atoms. The maximum Gasteiger partial charge on any atom is 0.223 e. The zero-order valence-electron chi connectivity index (χ0n) is 10.4. The zero-order chi connectivity index (χ0) is 12.0. The van der Waals surface area contributed by atoms with Crippen LogP contribution in [-0.2, 0) is 4.79 Å². The molecule has 2 nitrogen and oxygen atoms in total. The summed E-state index contributed by atoms with van der Waals surface area (Å²) in [6.45, 7) is 6.10. The van der Waals surface area contributed by atoms with Gasteiger partial charge in [-0.15, -0.1) is 0 Å². The van der Waals surface area contributed by atoms with Crippen LogP contribution in [0.4, 0.5) is 0 Å². The van der Waals surface area contributed by atoms with Gasteiger partial charge in [-0.05, 0) is 18.9 Å². The van der Waals surface area contributed by atoms with Crippen LogP contribution < -0.4 is 5.32 Å². The van der Waals surface area contributed by atoms with E-state index in [1.165, 1.54) is 0 Å². The predicted molar refractivity (Wildman–Crippen MR) is 67.1 cm³/mol. The van der Waals surface area contributed by atoms with Crippen LogP contribution in [0.1, 0.15) is 45.2 Å². The van der Waals surface area contributed by atoms with Crippen LogP contribution in [-0.4, -0.2) is 5.91 Å². The number of benzene rings is 1. The van der Waals surface area contributed by atoms with Gasteiger partial charge in [0.15, 0.2) is 0 Å². The highest BCUT2D eigenvalue weighted by Crippen LogP contribution is 2.13. The molecule has 1 aromatic rings. The van der Waals surface area contributed by atoms with Gasteiger partial charge in [0.1, 0.15) is 0 Å². The molecule has 1 amide bonds. The quantitative estimate of drug-likeness (QED) is 0.809. The van der Waals surface area contributed by atoms with Crippen molar-refractivity contribution in [3.8, 4) is 0 Å². The number of hydrogen-bond acceptors (Lipinski definition) is 1. The summed E-state index contributed by atoms with van der Waals surface area (Å²) in [6, 6.07) is 10.1. The summed E-state index contributed by atoms with van der Waals surface area (Å²) in [5.74, 6) is 0.259. The first-order valence-electron chi connectivity index (χ1n) is 6.00. The summed E-state index contributed by atoms with van der Waals surface area (Å²) < 4.78 is 0. The third-order valence-electron chi connectivity index (χ3n) is 2.83. The molecule has 1 N–H and O–H groups in total. The smallest absolute Gasteiger partial charge is 0.223 e. The lowest BCUT2D eigenvalue weighted by atomic mass is 10.0. The van der Waals surface area contributed by atoms with Crippen molar-refractivity contribution < 1.29 is 4.79 Å². The van der Waals surface area contributed by atoms with Crippen molar-refractivity contribution >= 4 is 5.91 Å². The van der Waals surface area contributed by atoms with Gasteiger partial charge in [0.05, 0.1) is 6.04 Å².